The van der Waals surface area contributed by atoms with Crippen molar-refractivity contribution in [2.45, 2.75) is 25.9 Å². The van der Waals surface area contributed by atoms with E-state index in [0.29, 0.717) is 25.9 Å². The van der Waals surface area contributed by atoms with E-state index in [9.17, 15) is 9.59 Å². The molecule has 132 valence electrons. The molecular formula is C19H19N5O2. The molecule has 4 rings (SSSR count). The van der Waals surface area contributed by atoms with E-state index in [1.165, 1.54) is 0 Å². The van der Waals surface area contributed by atoms with Crippen LogP contribution in [-0.2, 0) is 24.3 Å². The Morgan fingerprint density at radius 3 is 3.00 bits per heavy atom. The molecule has 3 aromatic rings. The molecule has 2 N–H and O–H groups in total. The Labute approximate surface area is 150 Å². The van der Waals surface area contributed by atoms with E-state index in [-0.39, 0.29) is 17.5 Å². The molecule has 0 aliphatic carbocycles. The predicted molar refractivity (Wildman–Crippen MR) is 96.2 cm³/mol. The summed E-state index contributed by atoms with van der Waals surface area (Å²) in [6, 6.07) is 11.9. The number of H-pyrrole nitrogens is 1. The van der Waals surface area contributed by atoms with Crippen molar-refractivity contribution in [2.75, 3.05) is 0 Å². The van der Waals surface area contributed by atoms with Crippen molar-refractivity contribution in [1.29, 1.82) is 0 Å². The van der Waals surface area contributed by atoms with Gasteiger partial charge in [-0.1, -0.05) is 24.3 Å². The molecule has 3 heterocycles. The number of rotatable bonds is 4. The number of benzene rings is 1. The molecule has 1 unspecified atom stereocenters. The highest BCUT2D eigenvalue weighted by molar-refractivity contribution is 5.78. The molecule has 1 atom stereocenters. The van der Waals surface area contributed by atoms with Gasteiger partial charge in [-0.25, -0.2) is 9.89 Å². The van der Waals surface area contributed by atoms with Crippen LogP contribution in [0.1, 0.15) is 17.8 Å². The maximum atomic E-state index is 12.5. The Hall–Kier alpha value is -3.22. The zero-order chi connectivity index (χ0) is 17.9. The van der Waals surface area contributed by atoms with Gasteiger partial charge in [-0.05, 0) is 35.2 Å². The molecule has 0 saturated carbocycles. The van der Waals surface area contributed by atoms with Gasteiger partial charge in [0.15, 0.2) is 0 Å². The van der Waals surface area contributed by atoms with E-state index in [2.05, 4.69) is 26.6 Å². The SMILES string of the molecule is O=C(NCc1cccc(-c2cccnc2)c1)C1CCc2n[nH]c(=O)n2C1. The minimum absolute atomic E-state index is 0.0319. The number of fused-ring (bicyclic) bond motifs is 1. The molecule has 7 heteroatoms. The van der Waals surface area contributed by atoms with Gasteiger partial charge in [0.1, 0.15) is 5.82 Å². The van der Waals surface area contributed by atoms with Crippen molar-refractivity contribution < 1.29 is 4.79 Å². The highest BCUT2D eigenvalue weighted by Crippen LogP contribution is 2.20. The van der Waals surface area contributed by atoms with E-state index in [4.69, 9.17) is 0 Å². The van der Waals surface area contributed by atoms with Crippen LogP contribution in [-0.4, -0.2) is 25.7 Å². The van der Waals surface area contributed by atoms with E-state index in [1.54, 1.807) is 10.8 Å². The minimum atomic E-state index is -0.248. The van der Waals surface area contributed by atoms with Gasteiger partial charge in [-0.3, -0.25) is 14.3 Å². The summed E-state index contributed by atoms with van der Waals surface area (Å²) in [7, 11) is 0. The van der Waals surface area contributed by atoms with Crippen molar-refractivity contribution in [1.82, 2.24) is 25.1 Å². The maximum Gasteiger partial charge on any atom is 0.343 e. The Morgan fingerprint density at radius 1 is 1.27 bits per heavy atom. The van der Waals surface area contributed by atoms with Crippen LogP contribution < -0.4 is 11.0 Å². The van der Waals surface area contributed by atoms with Gasteiger partial charge >= 0.3 is 5.69 Å². The number of hydrogen-bond acceptors (Lipinski definition) is 4. The van der Waals surface area contributed by atoms with Gasteiger partial charge < -0.3 is 5.32 Å². The quantitative estimate of drug-likeness (QED) is 0.747. The lowest BCUT2D eigenvalue weighted by Gasteiger charge is -2.21. The molecule has 1 aromatic carbocycles. The first-order valence-electron chi connectivity index (χ1n) is 8.62. The van der Waals surface area contributed by atoms with Crippen molar-refractivity contribution >= 4 is 5.91 Å². The smallest absolute Gasteiger partial charge is 0.343 e. The molecule has 7 nitrogen and oxygen atoms in total. The van der Waals surface area contributed by atoms with Crippen LogP contribution >= 0.6 is 0 Å². The normalized spacial score (nSPS) is 16.1. The number of aromatic nitrogens is 4. The second-order valence-electron chi connectivity index (χ2n) is 6.45. The number of hydrogen-bond donors (Lipinski definition) is 2. The lowest BCUT2D eigenvalue weighted by atomic mass is 9.98. The van der Waals surface area contributed by atoms with E-state index < -0.39 is 0 Å². The first-order valence-corrected chi connectivity index (χ1v) is 8.62. The highest BCUT2D eigenvalue weighted by atomic mass is 16.2. The summed E-state index contributed by atoms with van der Waals surface area (Å²) in [4.78, 5) is 28.3. The summed E-state index contributed by atoms with van der Waals surface area (Å²) in [6.45, 7) is 0.836. The first kappa shape index (κ1) is 16.3. The predicted octanol–water partition coefficient (Wildman–Crippen LogP) is 1.51. The molecule has 0 fully saturated rings. The fourth-order valence-corrected chi connectivity index (χ4v) is 3.29. The lowest BCUT2D eigenvalue weighted by molar-refractivity contribution is -0.126. The number of amides is 1. The first-order chi connectivity index (χ1) is 12.7. The standard InChI is InChI=1S/C19H19N5O2/c25-18(16-6-7-17-22-23-19(26)24(17)12-16)21-10-13-3-1-4-14(9-13)15-5-2-8-20-11-15/h1-5,8-9,11,16H,6-7,10,12H2,(H,21,25)(H,23,26). The molecule has 1 amide bonds. The van der Waals surface area contributed by atoms with Crippen LogP contribution in [0.2, 0.25) is 0 Å². The molecule has 0 bridgehead atoms. The van der Waals surface area contributed by atoms with Crippen molar-refractivity contribution in [3.8, 4) is 11.1 Å². The monoisotopic (exact) mass is 349 g/mol. The van der Waals surface area contributed by atoms with Crippen molar-refractivity contribution in [2.24, 2.45) is 5.92 Å². The maximum absolute atomic E-state index is 12.5. The molecule has 0 radical (unpaired) electrons. The number of pyridine rings is 1. The Morgan fingerprint density at radius 2 is 2.15 bits per heavy atom. The summed E-state index contributed by atoms with van der Waals surface area (Å²) < 4.78 is 1.55. The van der Waals surface area contributed by atoms with Gasteiger partial charge in [0.05, 0.1) is 5.92 Å². The number of carbonyl (C=O) groups excluding carboxylic acids is 1. The fourth-order valence-electron chi connectivity index (χ4n) is 3.29. The summed E-state index contributed by atoms with van der Waals surface area (Å²) in [5.74, 6) is 0.484. The van der Waals surface area contributed by atoms with Gasteiger partial charge in [0.2, 0.25) is 5.91 Å². The summed E-state index contributed by atoms with van der Waals surface area (Å²) in [5, 5.41) is 9.40. The Bertz CT molecular complexity index is 977. The summed E-state index contributed by atoms with van der Waals surface area (Å²) in [5.41, 5.74) is 2.88. The topological polar surface area (TPSA) is 92.7 Å². The van der Waals surface area contributed by atoms with Gasteiger partial charge in [-0.2, -0.15) is 5.10 Å². The number of aromatic amines is 1. The van der Waals surface area contributed by atoms with Crippen LogP contribution in [0.25, 0.3) is 11.1 Å². The zero-order valence-corrected chi connectivity index (χ0v) is 14.2. The molecule has 2 aromatic heterocycles. The Balaban J connectivity index is 1.41. The summed E-state index contributed by atoms with van der Waals surface area (Å²) >= 11 is 0. The van der Waals surface area contributed by atoms with Crippen molar-refractivity contribution in [3.63, 3.8) is 0 Å². The largest absolute Gasteiger partial charge is 0.352 e. The highest BCUT2D eigenvalue weighted by Gasteiger charge is 2.26. The molecule has 1 aliphatic rings. The van der Waals surface area contributed by atoms with Crippen LogP contribution in [0.15, 0.2) is 53.6 Å². The average molecular weight is 349 g/mol. The molecular weight excluding hydrogens is 330 g/mol. The van der Waals surface area contributed by atoms with E-state index >= 15 is 0 Å². The van der Waals surface area contributed by atoms with E-state index in [0.717, 1.165) is 22.5 Å². The van der Waals surface area contributed by atoms with Gasteiger partial charge in [0.25, 0.3) is 0 Å². The average Bonchev–Trinajstić information content (AvgIpc) is 3.07. The molecule has 0 saturated heterocycles. The second-order valence-corrected chi connectivity index (χ2v) is 6.45. The molecule has 0 spiro atoms. The fraction of sp³-hybridized carbons (Fsp3) is 0.263. The lowest BCUT2D eigenvalue weighted by Crippen LogP contribution is -2.38. The number of aryl methyl sites for hydroxylation is 1. The third kappa shape index (κ3) is 3.28. The minimum Gasteiger partial charge on any atom is -0.352 e. The summed E-state index contributed by atoms with van der Waals surface area (Å²) in [6.07, 6.45) is 4.90. The van der Waals surface area contributed by atoms with Crippen LogP contribution in [0, 0.1) is 5.92 Å². The van der Waals surface area contributed by atoms with Crippen molar-refractivity contribution in [3.05, 3.63) is 70.7 Å². The van der Waals surface area contributed by atoms with Crippen LogP contribution in [0.5, 0.6) is 0 Å². The van der Waals surface area contributed by atoms with Crippen LogP contribution in [0.4, 0.5) is 0 Å². The third-order valence-corrected chi connectivity index (χ3v) is 4.72. The Kier molecular flexibility index (Phi) is 4.35. The second kappa shape index (κ2) is 6.95. The van der Waals surface area contributed by atoms with E-state index in [1.807, 2.05) is 36.5 Å². The van der Waals surface area contributed by atoms with Gasteiger partial charge in [0, 0.05) is 31.9 Å². The number of nitrogens with zero attached hydrogens (tertiary/aromatic N) is 3. The van der Waals surface area contributed by atoms with Crippen LogP contribution in [0.3, 0.4) is 0 Å². The third-order valence-electron chi connectivity index (χ3n) is 4.72. The number of carbonyl (C=O) groups is 1. The number of nitrogens with one attached hydrogen (secondary N) is 2. The van der Waals surface area contributed by atoms with Gasteiger partial charge in [-0.15, -0.1) is 0 Å². The molecule has 1 aliphatic heterocycles. The zero-order valence-electron chi connectivity index (χ0n) is 14.2. The molecule has 26 heavy (non-hydrogen) atoms.